The summed E-state index contributed by atoms with van der Waals surface area (Å²) in [7, 11) is 0. The Kier molecular flexibility index (Phi) is 5.19. The summed E-state index contributed by atoms with van der Waals surface area (Å²) < 4.78 is 42.6. The molecule has 31 heavy (non-hydrogen) atoms. The van der Waals surface area contributed by atoms with Gasteiger partial charge < -0.3 is 10.2 Å². The Morgan fingerprint density at radius 3 is 2.16 bits per heavy atom. The Balaban J connectivity index is 2.08. The number of benzene rings is 3. The molecule has 0 atom stereocenters. The maximum atomic E-state index is 13.8. The normalized spacial score (nSPS) is 11.6. The molecule has 0 fully saturated rings. The van der Waals surface area contributed by atoms with Gasteiger partial charge in [-0.15, -0.1) is 0 Å². The van der Waals surface area contributed by atoms with Crippen LogP contribution in [0.15, 0.2) is 72.8 Å². The van der Waals surface area contributed by atoms with E-state index in [4.69, 9.17) is 0 Å². The van der Waals surface area contributed by atoms with E-state index in [0.29, 0.717) is 34.5 Å². The summed E-state index contributed by atoms with van der Waals surface area (Å²) in [5, 5.41) is 24.6. The Bertz CT molecular complexity index is 1230. The third-order valence-corrected chi connectivity index (χ3v) is 5.07. The average Bonchev–Trinajstić information content (AvgIpc) is 3.13. The number of halogens is 3. The van der Waals surface area contributed by atoms with Crippen LogP contribution in [0.2, 0.25) is 0 Å². The SMILES string of the molecule is CCc1c(-c2ccccc2O)nn(-c2ccccc2C(F)(F)F)c1-c1ccc(O)cc1. The van der Waals surface area contributed by atoms with Gasteiger partial charge in [0, 0.05) is 16.7 Å². The van der Waals surface area contributed by atoms with Gasteiger partial charge in [0.15, 0.2) is 0 Å². The maximum absolute atomic E-state index is 13.8. The van der Waals surface area contributed by atoms with E-state index < -0.39 is 11.7 Å². The van der Waals surface area contributed by atoms with Gasteiger partial charge in [-0.3, -0.25) is 0 Å². The number of hydrogen-bond acceptors (Lipinski definition) is 3. The number of alkyl halides is 3. The largest absolute Gasteiger partial charge is 0.508 e. The van der Waals surface area contributed by atoms with Gasteiger partial charge >= 0.3 is 6.18 Å². The zero-order chi connectivity index (χ0) is 22.2. The lowest BCUT2D eigenvalue weighted by atomic mass is 9.99. The van der Waals surface area contributed by atoms with Gasteiger partial charge in [0.25, 0.3) is 0 Å². The summed E-state index contributed by atoms with van der Waals surface area (Å²) in [5.41, 5.74) is 1.66. The average molecular weight is 424 g/mol. The van der Waals surface area contributed by atoms with Crippen LogP contribution in [0, 0.1) is 0 Å². The highest BCUT2D eigenvalue weighted by molar-refractivity contribution is 5.79. The zero-order valence-electron chi connectivity index (χ0n) is 16.6. The van der Waals surface area contributed by atoms with Crippen molar-refractivity contribution < 1.29 is 23.4 Å². The fourth-order valence-corrected chi connectivity index (χ4v) is 3.66. The molecule has 0 saturated heterocycles. The smallest absolute Gasteiger partial charge is 0.418 e. The van der Waals surface area contributed by atoms with E-state index in [0.717, 1.165) is 6.07 Å². The molecule has 7 heteroatoms. The van der Waals surface area contributed by atoms with Crippen molar-refractivity contribution in [2.24, 2.45) is 0 Å². The number of phenols is 2. The molecule has 1 aromatic heterocycles. The van der Waals surface area contributed by atoms with Crippen LogP contribution in [0.1, 0.15) is 18.1 Å². The van der Waals surface area contributed by atoms with Gasteiger partial charge in [0.05, 0.1) is 16.9 Å². The summed E-state index contributed by atoms with van der Waals surface area (Å²) in [6, 6.07) is 18.0. The molecule has 4 nitrogen and oxygen atoms in total. The molecule has 0 amide bonds. The van der Waals surface area contributed by atoms with E-state index in [9.17, 15) is 23.4 Å². The van der Waals surface area contributed by atoms with Gasteiger partial charge in [0.1, 0.15) is 17.2 Å². The van der Waals surface area contributed by atoms with Crippen LogP contribution in [0.5, 0.6) is 11.5 Å². The van der Waals surface area contributed by atoms with Crippen molar-refractivity contribution in [1.82, 2.24) is 9.78 Å². The predicted molar refractivity (Wildman–Crippen MR) is 112 cm³/mol. The van der Waals surface area contributed by atoms with Crippen molar-refractivity contribution in [3.63, 3.8) is 0 Å². The second-order valence-corrected chi connectivity index (χ2v) is 7.02. The second kappa shape index (κ2) is 7.83. The van der Waals surface area contributed by atoms with E-state index >= 15 is 0 Å². The highest BCUT2D eigenvalue weighted by Gasteiger charge is 2.35. The molecule has 0 spiro atoms. The Labute approximate surface area is 176 Å². The minimum absolute atomic E-state index is 0.0109. The molecule has 4 aromatic rings. The first-order valence-corrected chi connectivity index (χ1v) is 9.67. The quantitative estimate of drug-likeness (QED) is 0.410. The molecular weight excluding hydrogens is 405 g/mol. The lowest BCUT2D eigenvalue weighted by Gasteiger charge is -2.15. The van der Waals surface area contributed by atoms with E-state index in [-0.39, 0.29) is 17.2 Å². The molecule has 4 rings (SSSR count). The molecule has 0 aliphatic carbocycles. The van der Waals surface area contributed by atoms with E-state index in [2.05, 4.69) is 5.10 Å². The first-order valence-electron chi connectivity index (χ1n) is 9.67. The van der Waals surface area contributed by atoms with Crippen molar-refractivity contribution in [3.05, 3.63) is 83.9 Å². The fourth-order valence-electron chi connectivity index (χ4n) is 3.66. The van der Waals surface area contributed by atoms with Gasteiger partial charge in [-0.25, -0.2) is 4.68 Å². The van der Waals surface area contributed by atoms with Crippen LogP contribution in [0.4, 0.5) is 13.2 Å². The molecule has 0 radical (unpaired) electrons. The third kappa shape index (κ3) is 3.74. The van der Waals surface area contributed by atoms with Gasteiger partial charge in [0.2, 0.25) is 0 Å². The van der Waals surface area contributed by atoms with Gasteiger partial charge in [-0.2, -0.15) is 18.3 Å². The molecule has 3 aromatic carbocycles. The standard InChI is InChI=1S/C24H19F3N2O2/c1-2-17-22(18-7-3-6-10-21(18)31)28-29(23(17)15-11-13-16(30)14-12-15)20-9-5-4-8-19(20)24(25,26)27/h3-14,30-31H,2H2,1H3. The van der Waals surface area contributed by atoms with E-state index in [1.54, 1.807) is 30.3 Å². The van der Waals surface area contributed by atoms with Gasteiger partial charge in [-0.1, -0.05) is 31.2 Å². The van der Waals surface area contributed by atoms with Crippen LogP contribution in [-0.2, 0) is 12.6 Å². The molecule has 0 aliphatic rings. The summed E-state index contributed by atoms with van der Waals surface area (Å²) >= 11 is 0. The van der Waals surface area contributed by atoms with Crippen molar-refractivity contribution in [1.29, 1.82) is 0 Å². The Hall–Kier alpha value is -3.74. The predicted octanol–water partition coefficient (Wildman–Crippen LogP) is 6.20. The van der Waals surface area contributed by atoms with Crippen molar-refractivity contribution in [2.45, 2.75) is 19.5 Å². The monoisotopic (exact) mass is 424 g/mol. The third-order valence-electron chi connectivity index (χ3n) is 5.07. The summed E-state index contributed by atoms with van der Waals surface area (Å²) in [6.45, 7) is 1.88. The lowest BCUT2D eigenvalue weighted by molar-refractivity contribution is -0.137. The number of aromatic nitrogens is 2. The van der Waals surface area contributed by atoms with Crippen LogP contribution >= 0.6 is 0 Å². The second-order valence-electron chi connectivity index (χ2n) is 7.02. The number of para-hydroxylation sites is 2. The maximum Gasteiger partial charge on any atom is 0.418 e. The molecule has 0 aliphatic heterocycles. The molecule has 2 N–H and O–H groups in total. The van der Waals surface area contributed by atoms with Crippen molar-refractivity contribution >= 4 is 0 Å². The molecular formula is C24H19F3N2O2. The molecule has 158 valence electrons. The summed E-state index contributed by atoms with van der Waals surface area (Å²) in [6.07, 6.45) is -4.11. The van der Waals surface area contributed by atoms with Crippen molar-refractivity contribution in [3.8, 4) is 39.7 Å². The number of aromatic hydroxyl groups is 2. The van der Waals surface area contributed by atoms with Crippen LogP contribution in [-0.4, -0.2) is 20.0 Å². The Morgan fingerprint density at radius 2 is 1.52 bits per heavy atom. The highest BCUT2D eigenvalue weighted by atomic mass is 19.4. The number of hydrogen-bond donors (Lipinski definition) is 2. The van der Waals surface area contributed by atoms with Crippen LogP contribution in [0.3, 0.4) is 0 Å². The molecule has 0 unspecified atom stereocenters. The topological polar surface area (TPSA) is 58.3 Å². The summed E-state index contributed by atoms with van der Waals surface area (Å²) in [4.78, 5) is 0. The first-order chi connectivity index (χ1) is 14.8. The summed E-state index contributed by atoms with van der Waals surface area (Å²) in [5.74, 6) is 0.0349. The van der Waals surface area contributed by atoms with E-state index in [1.165, 1.54) is 41.1 Å². The molecule has 0 bridgehead atoms. The zero-order valence-corrected chi connectivity index (χ0v) is 16.6. The van der Waals surface area contributed by atoms with E-state index in [1.807, 2.05) is 6.92 Å². The van der Waals surface area contributed by atoms with Crippen LogP contribution in [0.25, 0.3) is 28.2 Å². The lowest BCUT2D eigenvalue weighted by Crippen LogP contribution is -2.12. The van der Waals surface area contributed by atoms with Crippen LogP contribution < -0.4 is 0 Å². The molecule has 1 heterocycles. The fraction of sp³-hybridized carbons (Fsp3) is 0.125. The highest BCUT2D eigenvalue weighted by Crippen LogP contribution is 2.41. The number of nitrogens with zero attached hydrogens (tertiary/aromatic N) is 2. The number of phenolic OH excluding ortho intramolecular Hbond substituents is 2. The van der Waals surface area contributed by atoms with Gasteiger partial charge in [-0.05, 0) is 55.0 Å². The first kappa shape index (κ1) is 20.5. The minimum atomic E-state index is -4.57. The van der Waals surface area contributed by atoms with Crippen molar-refractivity contribution in [2.75, 3.05) is 0 Å². The number of rotatable bonds is 4. The minimum Gasteiger partial charge on any atom is -0.508 e. The Morgan fingerprint density at radius 1 is 0.871 bits per heavy atom. The molecule has 0 saturated carbocycles.